The maximum absolute atomic E-state index is 13.1. The summed E-state index contributed by atoms with van der Waals surface area (Å²) >= 11 is 0. The number of hydrogen-bond donors (Lipinski definition) is 2. The SMILES string of the molecule is CN1CCN(CC(O)CN(C)C(=O)Nc2cc(F)cc(F)c2)CC1. The number of anilines is 1. The van der Waals surface area contributed by atoms with Gasteiger partial charge >= 0.3 is 6.03 Å². The molecule has 1 heterocycles. The third kappa shape index (κ3) is 5.70. The molecule has 1 aliphatic heterocycles. The molecule has 0 aliphatic carbocycles. The number of nitrogens with zero attached hydrogens (tertiary/aromatic N) is 3. The molecule has 1 saturated heterocycles. The van der Waals surface area contributed by atoms with Gasteiger partial charge < -0.3 is 20.2 Å². The predicted molar refractivity (Wildman–Crippen MR) is 88.0 cm³/mol. The Labute approximate surface area is 140 Å². The van der Waals surface area contributed by atoms with E-state index < -0.39 is 23.8 Å². The first-order valence-corrected chi connectivity index (χ1v) is 7.90. The van der Waals surface area contributed by atoms with Crippen molar-refractivity contribution in [3.8, 4) is 0 Å². The molecule has 1 aromatic carbocycles. The van der Waals surface area contributed by atoms with Gasteiger partial charge in [-0.25, -0.2) is 13.6 Å². The largest absolute Gasteiger partial charge is 0.390 e. The summed E-state index contributed by atoms with van der Waals surface area (Å²) in [7, 11) is 3.58. The maximum Gasteiger partial charge on any atom is 0.321 e. The van der Waals surface area contributed by atoms with Gasteiger partial charge in [0.2, 0.25) is 0 Å². The van der Waals surface area contributed by atoms with Gasteiger partial charge in [-0.05, 0) is 19.2 Å². The number of rotatable bonds is 5. The lowest BCUT2D eigenvalue weighted by molar-refractivity contribution is 0.0670. The van der Waals surface area contributed by atoms with Gasteiger partial charge in [0, 0.05) is 58.1 Å². The van der Waals surface area contributed by atoms with E-state index in [2.05, 4.69) is 22.2 Å². The van der Waals surface area contributed by atoms with Gasteiger partial charge in [-0.1, -0.05) is 0 Å². The van der Waals surface area contributed by atoms with Gasteiger partial charge in [-0.2, -0.15) is 0 Å². The van der Waals surface area contributed by atoms with E-state index in [1.807, 2.05) is 0 Å². The molecule has 0 aromatic heterocycles. The van der Waals surface area contributed by atoms with E-state index in [9.17, 15) is 18.7 Å². The average molecular weight is 342 g/mol. The second-order valence-corrected chi connectivity index (χ2v) is 6.23. The summed E-state index contributed by atoms with van der Waals surface area (Å²) in [6.45, 7) is 4.29. The van der Waals surface area contributed by atoms with Crippen molar-refractivity contribution in [2.45, 2.75) is 6.10 Å². The van der Waals surface area contributed by atoms with E-state index in [1.54, 1.807) is 0 Å². The fourth-order valence-electron chi connectivity index (χ4n) is 2.63. The highest BCUT2D eigenvalue weighted by molar-refractivity contribution is 5.89. The molecule has 1 fully saturated rings. The molecule has 0 spiro atoms. The normalized spacial score (nSPS) is 17.5. The van der Waals surface area contributed by atoms with Crippen molar-refractivity contribution < 1.29 is 18.7 Å². The predicted octanol–water partition coefficient (Wildman–Crippen LogP) is 1.04. The van der Waals surface area contributed by atoms with Crippen LogP contribution in [0.2, 0.25) is 0 Å². The molecule has 0 saturated carbocycles. The van der Waals surface area contributed by atoms with Gasteiger partial charge in [-0.15, -0.1) is 0 Å². The molecule has 2 N–H and O–H groups in total. The molecule has 1 aliphatic rings. The van der Waals surface area contributed by atoms with Gasteiger partial charge in [0.15, 0.2) is 0 Å². The number of aliphatic hydroxyl groups excluding tert-OH is 1. The third-order valence-corrected chi connectivity index (χ3v) is 4.01. The monoisotopic (exact) mass is 342 g/mol. The van der Waals surface area contributed by atoms with Crippen molar-refractivity contribution in [2.75, 3.05) is 58.7 Å². The third-order valence-electron chi connectivity index (χ3n) is 4.01. The highest BCUT2D eigenvalue weighted by Gasteiger charge is 2.19. The second-order valence-electron chi connectivity index (χ2n) is 6.23. The summed E-state index contributed by atoms with van der Waals surface area (Å²) in [5.74, 6) is -1.52. The Morgan fingerprint density at radius 3 is 2.42 bits per heavy atom. The molecule has 24 heavy (non-hydrogen) atoms. The van der Waals surface area contributed by atoms with Crippen LogP contribution in [0.3, 0.4) is 0 Å². The molecule has 0 bridgehead atoms. The lowest BCUT2D eigenvalue weighted by Crippen LogP contribution is -2.49. The minimum Gasteiger partial charge on any atom is -0.390 e. The zero-order valence-electron chi connectivity index (χ0n) is 14.0. The molecule has 8 heteroatoms. The summed E-state index contributed by atoms with van der Waals surface area (Å²) in [5, 5.41) is 12.6. The Morgan fingerprint density at radius 1 is 1.25 bits per heavy atom. The second kappa shape index (κ2) is 8.36. The molecule has 2 amide bonds. The average Bonchev–Trinajstić information content (AvgIpc) is 2.48. The van der Waals surface area contributed by atoms with Gasteiger partial charge in [-0.3, -0.25) is 4.90 Å². The van der Waals surface area contributed by atoms with Crippen LogP contribution in [-0.4, -0.2) is 85.3 Å². The van der Waals surface area contributed by atoms with Crippen LogP contribution >= 0.6 is 0 Å². The van der Waals surface area contributed by atoms with Crippen molar-refractivity contribution in [1.82, 2.24) is 14.7 Å². The zero-order chi connectivity index (χ0) is 17.7. The first-order valence-electron chi connectivity index (χ1n) is 7.90. The number of piperazine rings is 1. The Balaban J connectivity index is 1.80. The molecule has 2 rings (SSSR count). The molecule has 0 radical (unpaired) electrons. The highest BCUT2D eigenvalue weighted by Crippen LogP contribution is 2.13. The van der Waals surface area contributed by atoms with Crippen molar-refractivity contribution in [1.29, 1.82) is 0 Å². The molecule has 1 aromatic rings. The van der Waals surface area contributed by atoms with Gasteiger partial charge in [0.05, 0.1) is 6.10 Å². The first-order chi connectivity index (χ1) is 11.3. The van der Waals surface area contributed by atoms with Crippen molar-refractivity contribution in [2.24, 2.45) is 0 Å². The number of hydrogen-bond acceptors (Lipinski definition) is 4. The van der Waals surface area contributed by atoms with Crippen LogP contribution in [0.5, 0.6) is 0 Å². The summed E-state index contributed by atoms with van der Waals surface area (Å²) in [6, 6.07) is 2.28. The van der Waals surface area contributed by atoms with E-state index in [4.69, 9.17) is 0 Å². The number of halogens is 2. The molecular weight excluding hydrogens is 318 g/mol. The first kappa shape index (κ1) is 18.6. The lowest BCUT2D eigenvalue weighted by Gasteiger charge is -2.34. The standard InChI is InChI=1S/C16H24F2N4O2/c1-20-3-5-22(6-4-20)11-15(23)10-21(2)16(24)19-14-8-12(17)7-13(18)9-14/h7-9,15,23H,3-6,10-11H2,1-2H3,(H,19,24). The number of benzene rings is 1. The Hall–Kier alpha value is -1.77. The van der Waals surface area contributed by atoms with Gasteiger partial charge in [0.25, 0.3) is 0 Å². The van der Waals surface area contributed by atoms with Crippen molar-refractivity contribution in [3.05, 3.63) is 29.8 Å². The number of aliphatic hydroxyl groups is 1. The number of nitrogens with one attached hydrogen (secondary N) is 1. The summed E-state index contributed by atoms with van der Waals surface area (Å²) in [4.78, 5) is 17.7. The number of β-amino-alcohol motifs (C(OH)–C–C–N with tert-alkyl or cyclic N) is 1. The fraction of sp³-hybridized carbons (Fsp3) is 0.562. The van der Waals surface area contributed by atoms with Crippen molar-refractivity contribution >= 4 is 11.7 Å². The van der Waals surface area contributed by atoms with E-state index in [-0.39, 0.29) is 12.2 Å². The lowest BCUT2D eigenvalue weighted by atomic mass is 10.2. The number of urea groups is 1. The van der Waals surface area contributed by atoms with Crippen LogP contribution in [0.1, 0.15) is 0 Å². The summed E-state index contributed by atoms with van der Waals surface area (Å²) < 4.78 is 26.2. The van der Waals surface area contributed by atoms with Crippen LogP contribution < -0.4 is 5.32 Å². The molecule has 1 atom stereocenters. The number of carbonyl (C=O) groups excluding carboxylic acids is 1. The van der Waals surface area contributed by atoms with Crippen LogP contribution in [-0.2, 0) is 0 Å². The minimum absolute atomic E-state index is 0.0397. The number of carbonyl (C=O) groups is 1. The van der Waals surface area contributed by atoms with Crippen LogP contribution in [0, 0.1) is 11.6 Å². The molecular formula is C16H24F2N4O2. The van der Waals surface area contributed by atoms with Crippen LogP contribution in [0.15, 0.2) is 18.2 Å². The Morgan fingerprint density at radius 2 is 1.83 bits per heavy atom. The summed E-state index contributed by atoms with van der Waals surface area (Å²) in [6.07, 6.45) is -0.687. The van der Waals surface area contributed by atoms with Gasteiger partial charge in [0.1, 0.15) is 11.6 Å². The smallest absolute Gasteiger partial charge is 0.321 e. The van der Waals surface area contributed by atoms with Crippen LogP contribution in [0.4, 0.5) is 19.3 Å². The Kier molecular flexibility index (Phi) is 6.47. The highest BCUT2D eigenvalue weighted by atomic mass is 19.1. The number of amides is 2. The fourth-order valence-corrected chi connectivity index (χ4v) is 2.63. The quantitative estimate of drug-likeness (QED) is 0.839. The molecule has 6 nitrogen and oxygen atoms in total. The topological polar surface area (TPSA) is 59.1 Å². The van der Waals surface area contributed by atoms with Crippen LogP contribution in [0.25, 0.3) is 0 Å². The summed E-state index contributed by atoms with van der Waals surface area (Å²) in [5.41, 5.74) is 0.0397. The number of likely N-dealkylation sites (N-methyl/N-ethyl adjacent to an activating group) is 2. The van der Waals surface area contributed by atoms with E-state index in [1.165, 1.54) is 11.9 Å². The molecule has 1 unspecified atom stereocenters. The van der Waals surface area contributed by atoms with E-state index >= 15 is 0 Å². The van der Waals surface area contributed by atoms with E-state index in [0.29, 0.717) is 6.54 Å². The minimum atomic E-state index is -0.761. The molecule has 134 valence electrons. The van der Waals surface area contributed by atoms with E-state index in [0.717, 1.165) is 44.4 Å². The van der Waals surface area contributed by atoms with Crippen molar-refractivity contribution in [3.63, 3.8) is 0 Å². The zero-order valence-corrected chi connectivity index (χ0v) is 14.0. The maximum atomic E-state index is 13.1. The Bertz CT molecular complexity index is 545.